The van der Waals surface area contributed by atoms with Gasteiger partial charge >= 0.3 is 0 Å². The van der Waals surface area contributed by atoms with E-state index in [4.69, 9.17) is 0 Å². The molecule has 2 aromatic rings. The number of nitrogens with zero attached hydrogens (tertiary/aromatic N) is 1. The molecule has 1 aliphatic heterocycles. The minimum absolute atomic E-state index is 0.169. The Labute approximate surface area is 134 Å². The van der Waals surface area contributed by atoms with Crippen LogP contribution in [0.15, 0.2) is 60.8 Å². The number of halogens is 2. The van der Waals surface area contributed by atoms with Crippen LogP contribution >= 0.6 is 0 Å². The van der Waals surface area contributed by atoms with Gasteiger partial charge in [-0.05, 0) is 48.4 Å². The molecular formula is C19H17F2NO. The molecule has 0 saturated carbocycles. The summed E-state index contributed by atoms with van der Waals surface area (Å²) in [6, 6.07) is 10.2. The number of hydrogen-bond donors (Lipinski definition) is 1. The topological polar surface area (TPSA) is 23.5 Å². The third-order valence-electron chi connectivity index (χ3n) is 4.01. The SMILES string of the molecule is C=C(C)N1CC(c2cc(F)ccc2F)=CC1c1cccc(O)c1. The van der Waals surface area contributed by atoms with Crippen LogP contribution in [0.1, 0.15) is 24.1 Å². The van der Waals surface area contributed by atoms with Crippen molar-refractivity contribution in [1.82, 2.24) is 4.90 Å². The summed E-state index contributed by atoms with van der Waals surface area (Å²) in [6.07, 6.45) is 1.89. The highest BCUT2D eigenvalue weighted by atomic mass is 19.1. The molecule has 0 fully saturated rings. The lowest BCUT2D eigenvalue weighted by molar-refractivity contribution is 0.353. The summed E-state index contributed by atoms with van der Waals surface area (Å²) in [5, 5.41) is 9.69. The Morgan fingerprint density at radius 3 is 2.70 bits per heavy atom. The van der Waals surface area contributed by atoms with Gasteiger partial charge in [-0.1, -0.05) is 24.8 Å². The van der Waals surface area contributed by atoms with Gasteiger partial charge in [-0.15, -0.1) is 0 Å². The van der Waals surface area contributed by atoms with E-state index in [-0.39, 0.29) is 17.4 Å². The largest absolute Gasteiger partial charge is 0.508 e. The fourth-order valence-electron chi connectivity index (χ4n) is 2.89. The second kappa shape index (κ2) is 5.88. The molecule has 0 bridgehead atoms. The standard InChI is InChI=1S/C19H17F2NO/c1-12(2)22-11-14(17-10-15(20)6-7-18(17)21)9-19(22)13-4-3-5-16(23)8-13/h3-10,19,23H,1,11H2,2H3. The number of phenols is 1. The van der Waals surface area contributed by atoms with Crippen LogP contribution in [0.25, 0.3) is 5.57 Å². The molecular weight excluding hydrogens is 296 g/mol. The van der Waals surface area contributed by atoms with Crippen molar-refractivity contribution >= 4 is 5.57 Å². The summed E-state index contributed by atoms with van der Waals surface area (Å²) in [5.74, 6) is -0.746. The van der Waals surface area contributed by atoms with Crippen molar-refractivity contribution < 1.29 is 13.9 Å². The predicted octanol–water partition coefficient (Wildman–Crippen LogP) is 4.64. The number of rotatable bonds is 3. The summed E-state index contributed by atoms with van der Waals surface area (Å²) in [7, 11) is 0. The van der Waals surface area contributed by atoms with E-state index in [1.807, 2.05) is 24.0 Å². The molecule has 1 aliphatic rings. The van der Waals surface area contributed by atoms with Gasteiger partial charge in [0.25, 0.3) is 0 Å². The maximum Gasteiger partial charge on any atom is 0.130 e. The fourth-order valence-corrected chi connectivity index (χ4v) is 2.89. The van der Waals surface area contributed by atoms with Crippen LogP contribution in [0.2, 0.25) is 0 Å². The summed E-state index contributed by atoms with van der Waals surface area (Å²) in [4.78, 5) is 1.99. The van der Waals surface area contributed by atoms with Gasteiger partial charge in [0.05, 0.1) is 6.04 Å². The van der Waals surface area contributed by atoms with Gasteiger partial charge in [0, 0.05) is 17.8 Å². The van der Waals surface area contributed by atoms with Crippen molar-refractivity contribution in [3.8, 4) is 5.75 Å². The van der Waals surface area contributed by atoms with Gasteiger partial charge in [0.15, 0.2) is 0 Å². The molecule has 2 nitrogen and oxygen atoms in total. The van der Waals surface area contributed by atoms with Crippen molar-refractivity contribution in [1.29, 1.82) is 0 Å². The molecule has 0 aromatic heterocycles. The van der Waals surface area contributed by atoms with Crippen LogP contribution in [0.3, 0.4) is 0 Å². The molecule has 0 aliphatic carbocycles. The van der Waals surface area contributed by atoms with E-state index in [0.717, 1.165) is 23.4 Å². The van der Waals surface area contributed by atoms with Crippen LogP contribution in [-0.2, 0) is 0 Å². The van der Waals surface area contributed by atoms with Crippen molar-refractivity contribution in [2.24, 2.45) is 0 Å². The van der Waals surface area contributed by atoms with Crippen LogP contribution in [-0.4, -0.2) is 16.6 Å². The molecule has 1 atom stereocenters. The minimum Gasteiger partial charge on any atom is -0.508 e. The van der Waals surface area contributed by atoms with E-state index in [2.05, 4.69) is 6.58 Å². The Kier molecular flexibility index (Phi) is 3.90. The summed E-state index contributed by atoms with van der Waals surface area (Å²) >= 11 is 0. The Morgan fingerprint density at radius 1 is 1.22 bits per heavy atom. The van der Waals surface area contributed by atoms with Crippen LogP contribution in [0.4, 0.5) is 8.78 Å². The Morgan fingerprint density at radius 2 is 2.00 bits per heavy atom. The monoisotopic (exact) mass is 313 g/mol. The molecule has 0 saturated heterocycles. The Balaban J connectivity index is 2.05. The normalized spacial score (nSPS) is 17.3. The maximum atomic E-state index is 14.1. The van der Waals surface area contributed by atoms with Crippen molar-refractivity contribution in [2.75, 3.05) is 6.54 Å². The quantitative estimate of drug-likeness (QED) is 0.892. The third kappa shape index (κ3) is 2.97. The first-order valence-electron chi connectivity index (χ1n) is 7.33. The Bertz CT molecular complexity index is 798. The lowest BCUT2D eigenvalue weighted by atomic mass is 10.0. The highest BCUT2D eigenvalue weighted by Gasteiger charge is 2.28. The minimum atomic E-state index is -0.468. The molecule has 4 heteroatoms. The van der Waals surface area contributed by atoms with Crippen LogP contribution in [0, 0.1) is 11.6 Å². The third-order valence-corrected chi connectivity index (χ3v) is 4.01. The zero-order chi connectivity index (χ0) is 16.6. The second-order valence-electron chi connectivity index (χ2n) is 5.72. The number of hydrogen-bond acceptors (Lipinski definition) is 2. The molecule has 3 rings (SSSR count). The molecule has 0 spiro atoms. The number of benzene rings is 2. The smallest absolute Gasteiger partial charge is 0.130 e. The van der Waals surface area contributed by atoms with Crippen molar-refractivity contribution in [3.63, 3.8) is 0 Å². The Hall–Kier alpha value is -2.62. The van der Waals surface area contributed by atoms with E-state index in [9.17, 15) is 13.9 Å². The fraction of sp³-hybridized carbons (Fsp3) is 0.158. The van der Waals surface area contributed by atoms with E-state index in [0.29, 0.717) is 12.1 Å². The summed E-state index contributed by atoms with van der Waals surface area (Å²) < 4.78 is 27.5. The van der Waals surface area contributed by atoms with E-state index >= 15 is 0 Å². The number of phenolic OH excluding ortho intramolecular Hbond substituents is 1. The maximum absolute atomic E-state index is 14.1. The summed E-state index contributed by atoms with van der Waals surface area (Å²) in [6.45, 7) is 6.28. The first-order chi connectivity index (χ1) is 11.0. The van der Waals surface area contributed by atoms with Crippen molar-refractivity contribution in [3.05, 3.63) is 83.6 Å². The first kappa shape index (κ1) is 15.3. The van der Waals surface area contributed by atoms with Gasteiger partial charge in [-0.25, -0.2) is 8.78 Å². The van der Waals surface area contributed by atoms with Crippen molar-refractivity contribution in [2.45, 2.75) is 13.0 Å². The average Bonchev–Trinajstić information content (AvgIpc) is 2.95. The molecule has 23 heavy (non-hydrogen) atoms. The summed E-state index contributed by atoms with van der Waals surface area (Å²) in [5.41, 5.74) is 2.67. The zero-order valence-corrected chi connectivity index (χ0v) is 12.8. The van der Waals surface area contributed by atoms with Crippen LogP contribution < -0.4 is 0 Å². The molecule has 0 amide bonds. The first-order valence-corrected chi connectivity index (χ1v) is 7.33. The van der Waals surface area contributed by atoms with Gasteiger partial charge in [-0.2, -0.15) is 0 Å². The molecule has 0 radical (unpaired) electrons. The predicted molar refractivity (Wildman–Crippen MR) is 86.7 cm³/mol. The average molecular weight is 313 g/mol. The van der Waals surface area contributed by atoms with Gasteiger partial charge < -0.3 is 10.0 Å². The molecule has 1 unspecified atom stereocenters. The number of allylic oxidation sites excluding steroid dienone is 1. The van der Waals surface area contributed by atoms with E-state index < -0.39 is 11.6 Å². The number of aromatic hydroxyl groups is 1. The van der Waals surface area contributed by atoms with Gasteiger partial charge in [0.2, 0.25) is 0 Å². The van der Waals surface area contributed by atoms with Gasteiger partial charge in [0.1, 0.15) is 17.4 Å². The molecule has 1 heterocycles. The lowest BCUT2D eigenvalue weighted by Gasteiger charge is -2.27. The van der Waals surface area contributed by atoms with Gasteiger partial charge in [-0.3, -0.25) is 0 Å². The second-order valence-corrected chi connectivity index (χ2v) is 5.72. The zero-order valence-electron chi connectivity index (χ0n) is 12.8. The lowest BCUT2D eigenvalue weighted by Crippen LogP contribution is -2.22. The highest BCUT2D eigenvalue weighted by Crippen LogP contribution is 2.38. The van der Waals surface area contributed by atoms with Crippen LogP contribution in [0.5, 0.6) is 5.75 Å². The molecule has 1 N–H and O–H groups in total. The van der Waals surface area contributed by atoms with E-state index in [1.54, 1.807) is 18.2 Å². The highest BCUT2D eigenvalue weighted by molar-refractivity contribution is 5.71. The molecule has 118 valence electrons. The molecule has 2 aromatic carbocycles. The van der Waals surface area contributed by atoms with E-state index in [1.165, 1.54) is 6.07 Å².